The van der Waals surface area contributed by atoms with Gasteiger partial charge in [-0.15, -0.1) is 0 Å². The summed E-state index contributed by atoms with van der Waals surface area (Å²) in [6.45, 7) is 3.43. The van der Waals surface area contributed by atoms with Crippen molar-refractivity contribution in [3.05, 3.63) is 40.3 Å². The maximum atomic E-state index is 12.7. The lowest BCUT2D eigenvalue weighted by Crippen LogP contribution is -2.46. The SMILES string of the molecule is Cc1cc(C(=O)N(C)C2CCN(c3ncc(C#N)cc3Cl)CC2)nn1C. The molecule has 0 radical (unpaired) electrons. The number of nitriles is 1. The lowest BCUT2D eigenvalue weighted by atomic mass is 10.0. The van der Waals surface area contributed by atoms with Gasteiger partial charge in [-0.25, -0.2) is 4.98 Å². The van der Waals surface area contributed by atoms with Crippen LogP contribution < -0.4 is 4.90 Å². The van der Waals surface area contributed by atoms with E-state index in [1.807, 2.05) is 33.2 Å². The Labute approximate surface area is 157 Å². The van der Waals surface area contributed by atoms with Gasteiger partial charge in [-0.2, -0.15) is 10.4 Å². The van der Waals surface area contributed by atoms with E-state index in [2.05, 4.69) is 15.0 Å². The number of halogens is 1. The fourth-order valence-electron chi connectivity index (χ4n) is 3.20. The molecule has 2 aromatic rings. The topological polar surface area (TPSA) is 78.1 Å². The van der Waals surface area contributed by atoms with Gasteiger partial charge >= 0.3 is 0 Å². The Morgan fingerprint density at radius 3 is 2.62 bits per heavy atom. The molecule has 0 N–H and O–H groups in total. The first-order valence-corrected chi connectivity index (χ1v) is 8.87. The molecule has 0 aliphatic carbocycles. The highest BCUT2D eigenvalue weighted by atomic mass is 35.5. The molecule has 1 amide bonds. The van der Waals surface area contributed by atoms with Crippen molar-refractivity contribution in [3.63, 3.8) is 0 Å². The molecule has 3 heterocycles. The Hall–Kier alpha value is -2.59. The third-order valence-electron chi connectivity index (χ3n) is 4.92. The summed E-state index contributed by atoms with van der Waals surface area (Å²) >= 11 is 6.26. The van der Waals surface area contributed by atoms with Gasteiger partial charge in [0.05, 0.1) is 10.6 Å². The number of aromatic nitrogens is 3. The highest BCUT2D eigenvalue weighted by Crippen LogP contribution is 2.28. The Kier molecular flexibility index (Phi) is 5.14. The van der Waals surface area contributed by atoms with Gasteiger partial charge < -0.3 is 9.80 Å². The normalized spacial score (nSPS) is 15.0. The first-order valence-electron chi connectivity index (χ1n) is 8.49. The van der Waals surface area contributed by atoms with E-state index in [1.54, 1.807) is 15.6 Å². The highest BCUT2D eigenvalue weighted by molar-refractivity contribution is 6.33. The highest BCUT2D eigenvalue weighted by Gasteiger charge is 2.28. The van der Waals surface area contributed by atoms with Crippen LogP contribution in [0.2, 0.25) is 5.02 Å². The lowest BCUT2D eigenvalue weighted by molar-refractivity contribution is 0.0702. The van der Waals surface area contributed by atoms with Gasteiger partial charge in [0.15, 0.2) is 5.69 Å². The summed E-state index contributed by atoms with van der Waals surface area (Å²) in [6.07, 6.45) is 3.19. The number of pyridine rings is 1. The van der Waals surface area contributed by atoms with Crippen LogP contribution in [0.25, 0.3) is 0 Å². The van der Waals surface area contributed by atoms with Gasteiger partial charge in [0.2, 0.25) is 0 Å². The summed E-state index contributed by atoms with van der Waals surface area (Å²) < 4.78 is 1.71. The minimum absolute atomic E-state index is 0.0540. The molecule has 1 aliphatic heterocycles. The van der Waals surface area contributed by atoms with E-state index in [0.717, 1.165) is 31.6 Å². The first kappa shape index (κ1) is 18.2. The first-order chi connectivity index (χ1) is 12.4. The second-order valence-corrected chi connectivity index (χ2v) is 6.98. The Morgan fingerprint density at radius 1 is 1.38 bits per heavy atom. The number of anilines is 1. The minimum Gasteiger partial charge on any atom is -0.355 e. The summed E-state index contributed by atoms with van der Waals surface area (Å²) in [5.41, 5.74) is 1.88. The molecule has 1 fully saturated rings. The van der Waals surface area contributed by atoms with E-state index < -0.39 is 0 Å². The van der Waals surface area contributed by atoms with Crippen LogP contribution in [0, 0.1) is 18.3 Å². The number of piperidine rings is 1. The molecular weight excluding hydrogens is 352 g/mol. The number of aryl methyl sites for hydroxylation is 2. The zero-order valence-electron chi connectivity index (χ0n) is 15.1. The van der Waals surface area contributed by atoms with Crippen LogP contribution in [0.4, 0.5) is 5.82 Å². The van der Waals surface area contributed by atoms with Crippen LogP contribution in [-0.2, 0) is 7.05 Å². The largest absolute Gasteiger partial charge is 0.355 e. The van der Waals surface area contributed by atoms with Crippen molar-refractivity contribution in [2.75, 3.05) is 25.0 Å². The summed E-state index contributed by atoms with van der Waals surface area (Å²) in [5, 5.41) is 13.7. The molecule has 136 valence electrons. The van der Waals surface area contributed by atoms with E-state index in [1.165, 1.54) is 6.20 Å². The standard InChI is InChI=1S/C18H21ClN6O/c1-12-8-16(22-24(12)3)18(26)23(2)14-4-6-25(7-5-14)17-15(19)9-13(10-20)11-21-17/h8-9,11,14H,4-7H2,1-3H3. The number of amides is 1. The molecular formula is C18H21ClN6O. The van der Waals surface area contributed by atoms with Crippen molar-refractivity contribution in [2.45, 2.75) is 25.8 Å². The number of hydrogen-bond donors (Lipinski definition) is 0. The molecule has 1 saturated heterocycles. The van der Waals surface area contributed by atoms with Crippen molar-refractivity contribution >= 4 is 23.3 Å². The summed E-state index contributed by atoms with van der Waals surface area (Å²) in [7, 11) is 3.67. The second kappa shape index (κ2) is 7.34. The van der Waals surface area contributed by atoms with Crippen LogP contribution in [0.5, 0.6) is 0 Å². The molecule has 2 aromatic heterocycles. The van der Waals surface area contributed by atoms with Gasteiger partial charge in [-0.1, -0.05) is 11.6 Å². The van der Waals surface area contributed by atoms with Gasteiger partial charge in [0.25, 0.3) is 5.91 Å². The third kappa shape index (κ3) is 3.51. The second-order valence-electron chi connectivity index (χ2n) is 6.57. The minimum atomic E-state index is -0.0540. The number of rotatable bonds is 3. The predicted octanol–water partition coefficient (Wildman–Crippen LogP) is 2.39. The van der Waals surface area contributed by atoms with Gasteiger partial charge in [-0.3, -0.25) is 9.48 Å². The Balaban J connectivity index is 1.64. The monoisotopic (exact) mass is 372 g/mol. The number of hydrogen-bond acceptors (Lipinski definition) is 5. The van der Waals surface area contributed by atoms with Crippen LogP contribution >= 0.6 is 11.6 Å². The zero-order valence-corrected chi connectivity index (χ0v) is 15.9. The molecule has 0 bridgehead atoms. The van der Waals surface area contributed by atoms with Gasteiger partial charge in [0, 0.05) is 45.1 Å². The van der Waals surface area contributed by atoms with E-state index in [9.17, 15) is 4.79 Å². The van der Waals surface area contributed by atoms with Crippen molar-refractivity contribution in [3.8, 4) is 6.07 Å². The maximum Gasteiger partial charge on any atom is 0.274 e. The molecule has 0 unspecified atom stereocenters. The average Bonchev–Trinajstić information content (AvgIpc) is 2.99. The quantitative estimate of drug-likeness (QED) is 0.826. The van der Waals surface area contributed by atoms with Crippen molar-refractivity contribution in [1.82, 2.24) is 19.7 Å². The fraction of sp³-hybridized carbons (Fsp3) is 0.444. The van der Waals surface area contributed by atoms with Crippen LogP contribution in [0.1, 0.15) is 34.6 Å². The van der Waals surface area contributed by atoms with E-state index in [0.29, 0.717) is 22.1 Å². The Bertz CT molecular complexity index is 844. The summed E-state index contributed by atoms with van der Waals surface area (Å²) in [4.78, 5) is 20.9. The van der Waals surface area contributed by atoms with E-state index in [-0.39, 0.29) is 11.9 Å². The van der Waals surface area contributed by atoms with E-state index >= 15 is 0 Å². The molecule has 0 atom stereocenters. The van der Waals surface area contributed by atoms with Crippen molar-refractivity contribution < 1.29 is 4.79 Å². The third-order valence-corrected chi connectivity index (χ3v) is 5.19. The van der Waals surface area contributed by atoms with Gasteiger partial charge in [0.1, 0.15) is 11.9 Å². The predicted molar refractivity (Wildman–Crippen MR) is 99.2 cm³/mol. The van der Waals surface area contributed by atoms with Crippen molar-refractivity contribution in [2.24, 2.45) is 7.05 Å². The van der Waals surface area contributed by atoms with E-state index in [4.69, 9.17) is 16.9 Å². The molecule has 7 nitrogen and oxygen atoms in total. The van der Waals surface area contributed by atoms with Crippen LogP contribution in [0.15, 0.2) is 18.3 Å². The smallest absolute Gasteiger partial charge is 0.274 e. The molecule has 8 heteroatoms. The van der Waals surface area contributed by atoms with Gasteiger partial charge in [-0.05, 0) is 31.9 Å². The molecule has 0 spiro atoms. The molecule has 0 saturated carbocycles. The Morgan fingerprint density at radius 2 is 2.08 bits per heavy atom. The lowest BCUT2D eigenvalue weighted by Gasteiger charge is -2.37. The number of nitrogens with zero attached hydrogens (tertiary/aromatic N) is 6. The zero-order chi connectivity index (χ0) is 18.8. The molecule has 3 rings (SSSR count). The number of carbonyl (C=O) groups excluding carboxylic acids is 1. The molecule has 26 heavy (non-hydrogen) atoms. The maximum absolute atomic E-state index is 12.7. The van der Waals surface area contributed by atoms with Crippen molar-refractivity contribution in [1.29, 1.82) is 5.26 Å². The van der Waals surface area contributed by atoms with Crippen LogP contribution in [-0.4, -0.2) is 51.8 Å². The number of carbonyl (C=O) groups is 1. The average molecular weight is 373 g/mol. The summed E-state index contributed by atoms with van der Waals surface area (Å²) in [5.74, 6) is 0.639. The molecule has 1 aliphatic rings. The fourth-order valence-corrected chi connectivity index (χ4v) is 3.49. The summed E-state index contributed by atoms with van der Waals surface area (Å²) in [6, 6.07) is 5.64. The molecule has 0 aromatic carbocycles. The van der Waals surface area contributed by atoms with Crippen LogP contribution in [0.3, 0.4) is 0 Å².